The van der Waals surface area contributed by atoms with Gasteiger partial charge in [0.25, 0.3) is 0 Å². The van der Waals surface area contributed by atoms with Crippen molar-refractivity contribution >= 4 is 11.9 Å². The number of carboxylic acids is 1. The number of amides is 1. The quantitative estimate of drug-likeness (QED) is 0.822. The number of likely N-dealkylation sites (tertiary alicyclic amines) is 1. The van der Waals surface area contributed by atoms with E-state index < -0.39 is 5.97 Å². The molecule has 0 bridgehead atoms. The minimum Gasteiger partial charge on any atom is -0.481 e. The Bertz CT molecular complexity index is 356. The Balaban J connectivity index is 1.87. The van der Waals surface area contributed by atoms with Gasteiger partial charge in [0, 0.05) is 25.0 Å². The zero-order valence-electron chi connectivity index (χ0n) is 12.4. The second-order valence-corrected chi connectivity index (χ2v) is 6.26. The van der Waals surface area contributed by atoms with Gasteiger partial charge in [-0.05, 0) is 32.7 Å². The highest BCUT2D eigenvalue weighted by molar-refractivity contribution is 5.78. The van der Waals surface area contributed by atoms with Gasteiger partial charge in [-0.15, -0.1) is 0 Å². The minimum atomic E-state index is -0.726. The van der Waals surface area contributed by atoms with Crippen molar-refractivity contribution < 1.29 is 14.7 Å². The van der Waals surface area contributed by atoms with Crippen molar-refractivity contribution in [3.63, 3.8) is 0 Å². The number of aliphatic carboxylic acids is 1. The van der Waals surface area contributed by atoms with Gasteiger partial charge in [0.2, 0.25) is 5.91 Å². The van der Waals surface area contributed by atoms with Crippen LogP contribution in [0, 0.1) is 5.92 Å². The summed E-state index contributed by atoms with van der Waals surface area (Å²) in [5, 5.41) is 12.4. The van der Waals surface area contributed by atoms with Crippen LogP contribution in [-0.4, -0.2) is 47.6 Å². The normalized spacial score (nSPS) is 23.6. The number of piperidine rings is 1. The van der Waals surface area contributed by atoms with E-state index in [1.165, 1.54) is 19.3 Å². The number of carbonyl (C=O) groups is 2. The van der Waals surface area contributed by atoms with Crippen molar-refractivity contribution in [2.75, 3.05) is 20.1 Å². The Morgan fingerprint density at radius 3 is 2.30 bits per heavy atom. The first kappa shape index (κ1) is 15.3. The van der Waals surface area contributed by atoms with Crippen molar-refractivity contribution in [1.82, 2.24) is 10.2 Å². The van der Waals surface area contributed by atoms with Crippen molar-refractivity contribution in [1.29, 1.82) is 0 Å². The molecule has 2 rings (SSSR count). The van der Waals surface area contributed by atoms with Crippen LogP contribution in [0.25, 0.3) is 0 Å². The predicted octanol–water partition coefficient (Wildman–Crippen LogP) is 1.62. The van der Waals surface area contributed by atoms with Crippen LogP contribution in [0.3, 0.4) is 0 Å². The van der Waals surface area contributed by atoms with E-state index in [0.717, 1.165) is 12.8 Å². The smallest absolute Gasteiger partial charge is 0.306 e. The third-order valence-electron chi connectivity index (χ3n) is 5.03. The average Bonchev–Trinajstić information content (AvgIpc) is 2.48. The molecule has 0 aromatic heterocycles. The molecule has 5 heteroatoms. The first-order chi connectivity index (χ1) is 9.56. The molecule has 1 aliphatic carbocycles. The van der Waals surface area contributed by atoms with E-state index in [2.05, 4.69) is 5.32 Å². The Morgan fingerprint density at radius 1 is 1.20 bits per heavy atom. The lowest BCUT2D eigenvalue weighted by Gasteiger charge is -2.39. The number of nitrogens with one attached hydrogen (secondary N) is 1. The van der Waals surface area contributed by atoms with Crippen LogP contribution in [0.4, 0.5) is 0 Å². The molecule has 1 saturated carbocycles. The van der Waals surface area contributed by atoms with Gasteiger partial charge in [-0.25, -0.2) is 0 Å². The van der Waals surface area contributed by atoms with Gasteiger partial charge in [-0.2, -0.15) is 0 Å². The van der Waals surface area contributed by atoms with E-state index >= 15 is 0 Å². The first-order valence-electron chi connectivity index (χ1n) is 7.76. The molecular formula is C15H26N2O3. The molecule has 1 amide bonds. The van der Waals surface area contributed by atoms with Gasteiger partial charge in [-0.3, -0.25) is 9.59 Å². The highest BCUT2D eigenvalue weighted by atomic mass is 16.4. The standard InChI is InChI=1S/C15H26N2O3/c1-16-15(7-3-2-4-8-15)11-13(18)17-9-5-12(6-10-17)14(19)20/h12,16H,2-11H2,1H3,(H,19,20). The van der Waals surface area contributed by atoms with Crippen LogP contribution >= 0.6 is 0 Å². The maximum absolute atomic E-state index is 12.4. The molecule has 2 N–H and O–H groups in total. The van der Waals surface area contributed by atoms with Crippen LogP contribution in [0.1, 0.15) is 51.4 Å². The van der Waals surface area contributed by atoms with Crippen molar-refractivity contribution in [2.24, 2.45) is 5.92 Å². The van der Waals surface area contributed by atoms with Gasteiger partial charge in [-0.1, -0.05) is 19.3 Å². The summed E-state index contributed by atoms with van der Waals surface area (Å²) >= 11 is 0. The Morgan fingerprint density at radius 2 is 1.80 bits per heavy atom. The maximum atomic E-state index is 12.4. The fourth-order valence-corrected chi connectivity index (χ4v) is 3.52. The molecule has 0 aromatic carbocycles. The summed E-state index contributed by atoms with van der Waals surface area (Å²) < 4.78 is 0. The predicted molar refractivity (Wildman–Crippen MR) is 76.4 cm³/mol. The maximum Gasteiger partial charge on any atom is 0.306 e. The zero-order valence-corrected chi connectivity index (χ0v) is 12.4. The van der Waals surface area contributed by atoms with Crippen LogP contribution in [0.15, 0.2) is 0 Å². The topological polar surface area (TPSA) is 69.6 Å². The number of hydrogen-bond acceptors (Lipinski definition) is 3. The van der Waals surface area contributed by atoms with Gasteiger partial charge >= 0.3 is 5.97 Å². The van der Waals surface area contributed by atoms with Crippen molar-refractivity contribution in [3.8, 4) is 0 Å². The Hall–Kier alpha value is -1.10. The highest BCUT2D eigenvalue weighted by Gasteiger charge is 2.35. The van der Waals surface area contributed by atoms with Crippen molar-refractivity contribution in [3.05, 3.63) is 0 Å². The summed E-state index contributed by atoms with van der Waals surface area (Å²) in [5.41, 5.74) is -0.0288. The summed E-state index contributed by atoms with van der Waals surface area (Å²) in [5.74, 6) is -0.812. The van der Waals surface area contributed by atoms with E-state index in [-0.39, 0.29) is 17.4 Å². The number of hydrogen-bond donors (Lipinski definition) is 2. The lowest BCUT2D eigenvalue weighted by molar-refractivity contribution is -0.146. The van der Waals surface area contributed by atoms with E-state index in [4.69, 9.17) is 5.11 Å². The van der Waals surface area contributed by atoms with E-state index in [1.807, 2.05) is 11.9 Å². The highest BCUT2D eigenvalue weighted by Crippen LogP contribution is 2.31. The molecule has 114 valence electrons. The van der Waals surface area contributed by atoms with Gasteiger partial charge < -0.3 is 15.3 Å². The first-order valence-corrected chi connectivity index (χ1v) is 7.76. The van der Waals surface area contributed by atoms with Crippen LogP contribution < -0.4 is 5.32 Å². The summed E-state index contributed by atoms with van der Waals surface area (Å²) in [6, 6.07) is 0. The molecule has 0 aromatic rings. The lowest BCUT2D eigenvalue weighted by Crippen LogP contribution is -2.50. The van der Waals surface area contributed by atoms with E-state index in [0.29, 0.717) is 32.4 Å². The molecule has 1 heterocycles. The number of carbonyl (C=O) groups excluding carboxylic acids is 1. The molecule has 2 fully saturated rings. The summed E-state index contributed by atoms with van der Waals surface area (Å²) in [4.78, 5) is 25.2. The minimum absolute atomic E-state index is 0.0288. The third-order valence-corrected chi connectivity index (χ3v) is 5.03. The monoisotopic (exact) mass is 282 g/mol. The van der Waals surface area contributed by atoms with E-state index in [9.17, 15) is 9.59 Å². The Labute approximate surface area is 120 Å². The molecule has 0 spiro atoms. The summed E-state index contributed by atoms with van der Waals surface area (Å²) in [6.45, 7) is 1.19. The second kappa shape index (κ2) is 6.57. The molecule has 0 radical (unpaired) electrons. The fraction of sp³-hybridized carbons (Fsp3) is 0.867. The molecule has 5 nitrogen and oxygen atoms in total. The third kappa shape index (κ3) is 3.51. The zero-order chi connectivity index (χ0) is 14.6. The fourth-order valence-electron chi connectivity index (χ4n) is 3.52. The van der Waals surface area contributed by atoms with Gasteiger partial charge in [0.05, 0.1) is 5.92 Å². The molecule has 0 unspecified atom stereocenters. The largest absolute Gasteiger partial charge is 0.481 e. The molecule has 2 aliphatic rings. The van der Waals surface area contributed by atoms with Gasteiger partial charge in [0.1, 0.15) is 0 Å². The molecule has 20 heavy (non-hydrogen) atoms. The lowest BCUT2D eigenvalue weighted by atomic mass is 9.79. The number of carboxylic acid groups (broad SMARTS) is 1. The van der Waals surface area contributed by atoms with Crippen molar-refractivity contribution in [2.45, 2.75) is 56.9 Å². The molecular weight excluding hydrogens is 256 g/mol. The Kier molecular flexibility index (Phi) is 5.02. The van der Waals surface area contributed by atoms with Crippen LogP contribution in [0.5, 0.6) is 0 Å². The second-order valence-electron chi connectivity index (χ2n) is 6.26. The van der Waals surface area contributed by atoms with Crippen LogP contribution in [-0.2, 0) is 9.59 Å². The molecule has 0 atom stereocenters. The summed E-state index contributed by atoms with van der Waals surface area (Å²) in [7, 11) is 1.95. The SMILES string of the molecule is CNC1(CC(=O)N2CCC(C(=O)O)CC2)CCCCC1. The molecule has 1 aliphatic heterocycles. The van der Waals surface area contributed by atoms with E-state index in [1.54, 1.807) is 0 Å². The number of rotatable bonds is 4. The summed E-state index contributed by atoms with van der Waals surface area (Å²) in [6.07, 6.45) is 7.52. The van der Waals surface area contributed by atoms with Gasteiger partial charge in [0.15, 0.2) is 0 Å². The average molecular weight is 282 g/mol. The number of nitrogens with zero attached hydrogens (tertiary/aromatic N) is 1. The van der Waals surface area contributed by atoms with Crippen LogP contribution in [0.2, 0.25) is 0 Å². The molecule has 1 saturated heterocycles.